The average molecular weight is 167 g/mol. The van der Waals surface area contributed by atoms with E-state index in [2.05, 4.69) is 18.2 Å². The summed E-state index contributed by atoms with van der Waals surface area (Å²) < 4.78 is 0. The van der Waals surface area contributed by atoms with Crippen molar-refractivity contribution >= 4 is 5.91 Å². The molecule has 0 aliphatic heterocycles. The van der Waals surface area contributed by atoms with Crippen LogP contribution in [0.5, 0.6) is 0 Å². The van der Waals surface area contributed by atoms with Crippen molar-refractivity contribution < 1.29 is 4.79 Å². The summed E-state index contributed by atoms with van der Waals surface area (Å²) in [5.41, 5.74) is -0.499. The van der Waals surface area contributed by atoms with Crippen molar-refractivity contribution in [3.05, 3.63) is 0 Å². The number of nitrogens with one attached hydrogen (secondary N) is 1. The molecule has 12 heavy (non-hydrogen) atoms. The molecule has 0 saturated heterocycles. The van der Waals surface area contributed by atoms with E-state index in [1.165, 1.54) is 6.92 Å². The fourth-order valence-corrected chi connectivity index (χ4v) is 1.08. The smallest absolute Gasteiger partial charge is 0.218 e. The Morgan fingerprint density at radius 3 is 2.50 bits per heavy atom. The van der Waals surface area contributed by atoms with Crippen molar-refractivity contribution in [1.82, 2.24) is 5.32 Å². The molecule has 68 valence electrons. The predicted molar refractivity (Wildman–Crippen MR) is 50.5 cm³/mol. The number of rotatable bonds is 3. The van der Waals surface area contributed by atoms with Gasteiger partial charge >= 0.3 is 0 Å². The maximum absolute atomic E-state index is 10.8. The molecule has 2 atom stereocenters. The molecule has 0 bridgehead atoms. The molecular weight excluding hydrogens is 150 g/mol. The molecule has 2 unspecified atom stereocenters. The molecule has 0 spiro atoms. The van der Waals surface area contributed by atoms with Gasteiger partial charge in [0, 0.05) is 6.92 Å². The van der Waals surface area contributed by atoms with Gasteiger partial charge in [-0.2, -0.15) is 0 Å². The van der Waals surface area contributed by atoms with E-state index in [0.717, 1.165) is 6.42 Å². The van der Waals surface area contributed by atoms with Crippen LogP contribution in [0.25, 0.3) is 0 Å². The molecular formula is C10H17NO. The number of carbonyl (C=O) groups excluding carboxylic acids is 1. The molecule has 1 N–H and O–H groups in total. The van der Waals surface area contributed by atoms with Crippen molar-refractivity contribution in [3.8, 4) is 12.3 Å². The van der Waals surface area contributed by atoms with E-state index in [1.54, 1.807) is 0 Å². The minimum absolute atomic E-state index is 0.0734. The lowest BCUT2D eigenvalue weighted by Gasteiger charge is -2.30. The number of amides is 1. The molecule has 2 heteroatoms. The summed E-state index contributed by atoms with van der Waals surface area (Å²) in [5.74, 6) is 2.85. The first kappa shape index (κ1) is 11.0. The summed E-state index contributed by atoms with van der Waals surface area (Å²) in [6.45, 7) is 7.46. The lowest BCUT2D eigenvalue weighted by atomic mass is 9.86. The van der Waals surface area contributed by atoms with E-state index in [1.807, 2.05) is 13.8 Å². The predicted octanol–water partition coefficient (Wildman–Crippen LogP) is 1.56. The zero-order chi connectivity index (χ0) is 9.78. The maximum Gasteiger partial charge on any atom is 0.218 e. The Kier molecular flexibility index (Phi) is 3.82. The van der Waals surface area contributed by atoms with Gasteiger partial charge in [-0.3, -0.25) is 4.79 Å². The second-order valence-electron chi connectivity index (χ2n) is 3.34. The number of hydrogen-bond acceptors (Lipinski definition) is 1. The Bertz CT molecular complexity index is 204. The molecule has 0 rings (SSSR count). The van der Waals surface area contributed by atoms with Gasteiger partial charge in [0.1, 0.15) is 5.54 Å². The molecule has 0 radical (unpaired) electrons. The second kappa shape index (κ2) is 4.15. The molecule has 1 amide bonds. The summed E-state index contributed by atoms with van der Waals surface area (Å²) in [6.07, 6.45) is 6.33. The van der Waals surface area contributed by atoms with Crippen molar-refractivity contribution in [1.29, 1.82) is 0 Å². The summed E-state index contributed by atoms with van der Waals surface area (Å²) >= 11 is 0. The van der Waals surface area contributed by atoms with Crippen LogP contribution in [-0.2, 0) is 4.79 Å². The monoisotopic (exact) mass is 167 g/mol. The Hall–Kier alpha value is -0.970. The van der Waals surface area contributed by atoms with Gasteiger partial charge in [0.2, 0.25) is 5.91 Å². The van der Waals surface area contributed by atoms with Gasteiger partial charge in [0.05, 0.1) is 0 Å². The van der Waals surface area contributed by atoms with E-state index >= 15 is 0 Å². The molecule has 0 aromatic rings. The van der Waals surface area contributed by atoms with Crippen LogP contribution in [0, 0.1) is 18.3 Å². The summed E-state index contributed by atoms with van der Waals surface area (Å²) in [5, 5.41) is 2.78. The molecule has 0 saturated carbocycles. The molecule has 0 aromatic carbocycles. The van der Waals surface area contributed by atoms with E-state index in [4.69, 9.17) is 6.42 Å². The highest BCUT2D eigenvalue weighted by Crippen LogP contribution is 2.18. The van der Waals surface area contributed by atoms with Crippen LogP contribution in [0.15, 0.2) is 0 Å². The fraction of sp³-hybridized carbons (Fsp3) is 0.700. The van der Waals surface area contributed by atoms with Crippen LogP contribution in [0.4, 0.5) is 0 Å². The zero-order valence-electron chi connectivity index (χ0n) is 8.27. The SMILES string of the molecule is C#CC(C)(NC(C)=O)C(C)CC. The molecule has 0 aromatic heterocycles. The molecule has 0 fully saturated rings. The third kappa shape index (κ3) is 2.58. The highest BCUT2D eigenvalue weighted by molar-refractivity contribution is 5.74. The average Bonchev–Trinajstić information content (AvgIpc) is 2.01. The molecule has 2 nitrogen and oxygen atoms in total. The number of carbonyl (C=O) groups is 1. The first-order valence-electron chi connectivity index (χ1n) is 4.22. The van der Waals surface area contributed by atoms with Crippen LogP contribution in [0.3, 0.4) is 0 Å². The Balaban J connectivity index is 4.47. The van der Waals surface area contributed by atoms with Gasteiger partial charge in [-0.15, -0.1) is 6.42 Å². The lowest BCUT2D eigenvalue weighted by Crippen LogP contribution is -2.48. The third-order valence-corrected chi connectivity index (χ3v) is 2.33. The minimum atomic E-state index is -0.499. The Morgan fingerprint density at radius 2 is 2.25 bits per heavy atom. The molecule has 0 aliphatic carbocycles. The van der Waals surface area contributed by atoms with Crippen molar-refractivity contribution in [2.75, 3.05) is 0 Å². The number of terminal acetylenes is 1. The van der Waals surface area contributed by atoms with Crippen LogP contribution in [-0.4, -0.2) is 11.4 Å². The van der Waals surface area contributed by atoms with Crippen LogP contribution in [0.2, 0.25) is 0 Å². The normalized spacial score (nSPS) is 17.2. The summed E-state index contributed by atoms with van der Waals surface area (Å²) in [6, 6.07) is 0. The van der Waals surface area contributed by atoms with E-state index in [0.29, 0.717) is 5.92 Å². The lowest BCUT2D eigenvalue weighted by molar-refractivity contribution is -0.120. The van der Waals surface area contributed by atoms with Gasteiger partial charge in [0.15, 0.2) is 0 Å². The molecule has 0 aliphatic rings. The van der Waals surface area contributed by atoms with Gasteiger partial charge in [-0.25, -0.2) is 0 Å². The minimum Gasteiger partial charge on any atom is -0.340 e. The van der Waals surface area contributed by atoms with E-state index < -0.39 is 5.54 Å². The molecule has 0 heterocycles. The van der Waals surface area contributed by atoms with E-state index in [9.17, 15) is 4.79 Å². The topological polar surface area (TPSA) is 29.1 Å². The van der Waals surface area contributed by atoms with Crippen LogP contribution < -0.4 is 5.32 Å². The Morgan fingerprint density at radius 1 is 1.75 bits per heavy atom. The highest BCUT2D eigenvalue weighted by atomic mass is 16.1. The zero-order valence-corrected chi connectivity index (χ0v) is 8.27. The Labute approximate surface area is 74.7 Å². The largest absolute Gasteiger partial charge is 0.340 e. The summed E-state index contributed by atoms with van der Waals surface area (Å²) in [4.78, 5) is 10.8. The van der Waals surface area contributed by atoms with Crippen LogP contribution >= 0.6 is 0 Å². The van der Waals surface area contributed by atoms with Crippen molar-refractivity contribution in [3.63, 3.8) is 0 Å². The first-order chi connectivity index (χ1) is 5.46. The number of hydrogen-bond donors (Lipinski definition) is 1. The van der Waals surface area contributed by atoms with Gasteiger partial charge in [0.25, 0.3) is 0 Å². The van der Waals surface area contributed by atoms with E-state index in [-0.39, 0.29) is 5.91 Å². The quantitative estimate of drug-likeness (QED) is 0.635. The van der Waals surface area contributed by atoms with Crippen molar-refractivity contribution in [2.24, 2.45) is 5.92 Å². The van der Waals surface area contributed by atoms with Gasteiger partial charge in [-0.1, -0.05) is 26.2 Å². The standard InChI is InChI=1S/C10H17NO/c1-6-8(3)10(5,7-2)11-9(4)12/h2,8H,6H2,1,3-5H3,(H,11,12). The third-order valence-electron chi connectivity index (χ3n) is 2.33. The van der Waals surface area contributed by atoms with Crippen molar-refractivity contribution in [2.45, 2.75) is 39.7 Å². The highest BCUT2D eigenvalue weighted by Gasteiger charge is 2.28. The van der Waals surface area contributed by atoms with Gasteiger partial charge in [-0.05, 0) is 12.8 Å². The van der Waals surface area contributed by atoms with Gasteiger partial charge < -0.3 is 5.32 Å². The summed E-state index contributed by atoms with van der Waals surface area (Å²) in [7, 11) is 0. The first-order valence-corrected chi connectivity index (χ1v) is 4.22. The second-order valence-corrected chi connectivity index (χ2v) is 3.34. The van der Waals surface area contributed by atoms with Crippen LogP contribution in [0.1, 0.15) is 34.1 Å². The maximum atomic E-state index is 10.8. The fourth-order valence-electron chi connectivity index (χ4n) is 1.08.